The number of piperazine rings is 1. The van der Waals surface area contributed by atoms with Crippen LogP contribution in [0.3, 0.4) is 0 Å². The van der Waals surface area contributed by atoms with Gasteiger partial charge in [-0.15, -0.1) is 12.3 Å². The standard InChI is InChI=1S/C17H22N2O3/c1-3-4-8-18-9-11-19(12-10-18)17(21)16(20)14-6-5-7-15(13-14)22-2/h1,5-7,13,16,20H,4,8-12H2,2H3. The van der Waals surface area contributed by atoms with E-state index < -0.39 is 6.10 Å². The predicted molar refractivity (Wildman–Crippen MR) is 84.4 cm³/mol. The molecule has 0 bridgehead atoms. The van der Waals surface area contributed by atoms with Crippen molar-refractivity contribution in [2.24, 2.45) is 0 Å². The average Bonchev–Trinajstić information content (AvgIpc) is 2.59. The van der Waals surface area contributed by atoms with E-state index in [1.54, 1.807) is 36.3 Å². The minimum absolute atomic E-state index is 0.259. The van der Waals surface area contributed by atoms with Gasteiger partial charge in [0.15, 0.2) is 6.10 Å². The number of methoxy groups -OCH3 is 1. The van der Waals surface area contributed by atoms with Gasteiger partial charge in [0.05, 0.1) is 7.11 Å². The summed E-state index contributed by atoms with van der Waals surface area (Å²) >= 11 is 0. The number of ether oxygens (including phenoxy) is 1. The topological polar surface area (TPSA) is 53.0 Å². The van der Waals surface area contributed by atoms with Gasteiger partial charge < -0.3 is 14.7 Å². The van der Waals surface area contributed by atoms with Gasteiger partial charge in [0.25, 0.3) is 5.91 Å². The average molecular weight is 302 g/mol. The third-order valence-electron chi connectivity index (χ3n) is 3.90. The van der Waals surface area contributed by atoms with Crippen molar-refractivity contribution < 1.29 is 14.6 Å². The van der Waals surface area contributed by atoms with Crippen LogP contribution >= 0.6 is 0 Å². The van der Waals surface area contributed by atoms with Gasteiger partial charge in [-0.05, 0) is 17.7 Å². The first kappa shape index (κ1) is 16.3. The van der Waals surface area contributed by atoms with Crippen LogP contribution in [0.25, 0.3) is 0 Å². The van der Waals surface area contributed by atoms with Gasteiger partial charge in [-0.1, -0.05) is 12.1 Å². The number of hydrogen-bond donors (Lipinski definition) is 1. The number of aliphatic hydroxyl groups excluding tert-OH is 1. The molecular weight excluding hydrogens is 280 g/mol. The maximum Gasteiger partial charge on any atom is 0.256 e. The molecule has 1 N–H and O–H groups in total. The summed E-state index contributed by atoms with van der Waals surface area (Å²) in [5.41, 5.74) is 0.555. The van der Waals surface area contributed by atoms with Gasteiger partial charge in [-0.3, -0.25) is 9.69 Å². The van der Waals surface area contributed by atoms with E-state index in [1.165, 1.54) is 0 Å². The number of carbonyl (C=O) groups excluding carboxylic acids is 1. The van der Waals surface area contributed by atoms with Gasteiger partial charge >= 0.3 is 0 Å². The first-order chi connectivity index (χ1) is 10.7. The minimum atomic E-state index is -1.15. The molecule has 1 atom stereocenters. The van der Waals surface area contributed by atoms with Crippen LogP contribution in [0.1, 0.15) is 18.1 Å². The smallest absolute Gasteiger partial charge is 0.256 e. The summed E-state index contributed by atoms with van der Waals surface area (Å²) < 4.78 is 5.12. The van der Waals surface area contributed by atoms with E-state index >= 15 is 0 Å². The highest BCUT2D eigenvalue weighted by Gasteiger charge is 2.27. The summed E-state index contributed by atoms with van der Waals surface area (Å²) in [6, 6.07) is 6.97. The van der Waals surface area contributed by atoms with Crippen LogP contribution in [0.2, 0.25) is 0 Å². The van der Waals surface area contributed by atoms with Gasteiger partial charge in [-0.2, -0.15) is 0 Å². The van der Waals surface area contributed by atoms with Crippen molar-refractivity contribution in [1.29, 1.82) is 0 Å². The van der Waals surface area contributed by atoms with Crippen molar-refractivity contribution in [2.45, 2.75) is 12.5 Å². The lowest BCUT2D eigenvalue weighted by Gasteiger charge is -2.35. The molecule has 118 valence electrons. The second kappa shape index (κ2) is 7.83. The summed E-state index contributed by atoms with van der Waals surface area (Å²) in [5, 5.41) is 10.3. The molecule has 0 aromatic heterocycles. The van der Waals surface area contributed by atoms with Crippen molar-refractivity contribution in [1.82, 2.24) is 9.80 Å². The molecule has 1 unspecified atom stereocenters. The van der Waals surface area contributed by atoms with E-state index in [1.807, 2.05) is 0 Å². The fraction of sp³-hybridized carbons (Fsp3) is 0.471. The number of amides is 1. The lowest BCUT2D eigenvalue weighted by molar-refractivity contribution is -0.142. The lowest BCUT2D eigenvalue weighted by atomic mass is 10.1. The van der Waals surface area contributed by atoms with Crippen LogP contribution in [0.5, 0.6) is 5.75 Å². The Morgan fingerprint density at radius 1 is 1.41 bits per heavy atom. The highest BCUT2D eigenvalue weighted by atomic mass is 16.5. The Bertz CT molecular complexity index is 545. The van der Waals surface area contributed by atoms with Gasteiger partial charge in [0.1, 0.15) is 5.75 Å². The Morgan fingerprint density at radius 2 is 2.14 bits per heavy atom. The summed E-state index contributed by atoms with van der Waals surface area (Å²) in [7, 11) is 1.56. The Balaban J connectivity index is 1.93. The van der Waals surface area contributed by atoms with E-state index in [2.05, 4.69) is 10.8 Å². The van der Waals surface area contributed by atoms with Gasteiger partial charge in [0, 0.05) is 39.1 Å². The molecule has 1 saturated heterocycles. The molecule has 0 aliphatic carbocycles. The van der Waals surface area contributed by atoms with Crippen molar-refractivity contribution in [3.05, 3.63) is 29.8 Å². The van der Waals surface area contributed by atoms with E-state index in [4.69, 9.17) is 11.2 Å². The van der Waals surface area contributed by atoms with E-state index in [9.17, 15) is 9.90 Å². The van der Waals surface area contributed by atoms with Crippen LogP contribution in [-0.2, 0) is 4.79 Å². The fourth-order valence-corrected chi connectivity index (χ4v) is 2.54. The Kier molecular flexibility index (Phi) is 5.82. The SMILES string of the molecule is C#CCCN1CCN(C(=O)C(O)c2cccc(OC)c2)CC1. The molecule has 1 fully saturated rings. The van der Waals surface area contributed by atoms with Crippen molar-refractivity contribution in [3.63, 3.8) is 0 Å². The first-order valence-electron chi connectivity index (χ1n) is 7.42. The normalized spacial score (nSPS) is 16.9. The third-order valence-corrected chi connectivity index (χ3v) is 3.90. The van der Waals surface area contributed by atoms with Crippen LogP contribution in [0.15, 0.2) is 24.3 Å². The molecule has 1 aromatic carbocycles. The quantitative estimate of drug-likeness (QED) is 0.821. The lowest BCUT2D eigenvalue weighted by Crippen LogP contribution is -2.50. The maximum atomic E-state index is 12.4. The summed E-state index contributed by atoms with van der Waals surface area (Å²) in [6.45, 7) is 3.67. The summed E-state index contributed by atoms with van der Waals surface area (Å²) in [5.74, 6) is 2.99. The van der Waals surface area contributed by atoms with Crippen molar-refractivity contribution >= 4 is 5.91 Å². The molecule has 1 heterocycles. The molecule has 1 aromatic rings. The molecule has 0 saturated carbocycles. The highest BCUT2D eigenvalue weighted by molar-refractivity contribution is 5.82. The molecular formula is C17H22N2O3. The third kappa shape index (κ3) is 4.00. The van der Waals surface area contributed by atoms with Crippen LogP contribution in [0.4, 0.5) is 0 Å². The minimum Gasteiger partial charge on any atom is -0.497 e. The zero-order chi connectivity index (χ0) is 15.9. The van der Waals surface area contributed by atoms with Crippen molar-refractivity contribution in [3.8, 4) is 18.1 Å². The monoisotopic (exact) mass is 302 g/mol. The van der Waals surface area contributed by atoms with Crippen LogP contribution in [0, 0.1) is 12.3 Å². The number of benzene rings is 1. The number of terminal acetylenes is 1. The van der Waals surface area contributed by atoms with Crippen LogP contribution < -0.4 is 4.74 Å². The number of rotatable bonds is 5. The van der Waals surface area contributed by atoms with Crippen molar-refractivity contribution in [2.75, 3.05) is 39.8 Å². The molecule has 22 heavy (non-hydrogen) atoms. The number of nitrogens with zero attached hydrogens (tertiary/aromatic N) is 2. The highest BCUT2D eigenvalue weighted by Crippen LogP contribution is 2.21. The second-order valence-corrected chi connectivity index (χ2v) is 5.30. The Labute approximate surface area is 131 Å². The van der Waals surface area contributed by atoms with E-state index in [-0.39, 0.29) is 5.91 Å². The number of carbonyl (C=O) groups is 1. The number of aliphatic hydroxyl groups is 1. The van der Waals surface area contributed by atoms with Gasteiger partial charge in [0.2, 0.25) is 0 Å². The van der Waals surface area contributed by atoms with Crippen LogP contribution in [-0.4, -0.2) is 60.6 Å². The zero-order valence-corrected chi connectivity index (χ0v) is 12.9. The summed E-state index contributed by atoms with van der Waals surface area (Å²) in [4.78, 5) is 16.3. The number of hydrogen-bond acceptors (Lipinski definition) is 4. The van der Waals surface area contributed by atoms with E-state index in [0.717, 1.165) is 26.1 Å². The molecule has 1 aliphatic rings. The maximum absolute atomic E-state index is 12.4. The largest absolute Gasteiger partial charge is 0.497 e. The molecule has 0 spiro atoms. The molecule has 2 rings (SSSR count). The fourth-order valence-electron chi connectivity index (χ4n) is 2.54. The molecule has 0 radical (unpaired) electrons. The van der Waals surface area contributed by atoms with E-state index in [0.29, 0.717) is 24.4 Å². The molecule has 5 nitrogen and oxygen atoms in total. The summed E-state index contributed by atoms with van der Waals surface area (Å²) in [6.07, 6.45) is 4.84. The predicted octanol–water partition coefficient (Wildman–Crippen LogP) is 0.896. The zero-order valence-electron chi connectivity index (χ0n) is 12.9. The molecule has 5 heteroatoms. The molecule has 1 aliphatic heterocycles. The second-order valence-electron chi connectivity index (χ2n) is 5.30. The first-order valence-corrected chi connectivity index (χ1v) is 7.42. The molecule has 1 amide bonds. The van der Waals surface area contributed by atoms with Gasteiger partial charge in [-0.25, -0.2) is 0 Å². The Hall–Kier alpha value is -2.03. The Morgan fingerprint density at radius 3 is 2.77 bits per heavy atom.